The lowest BCUT2D eigenvalue weighted by atomic mass is 9.99. The standard InChI is InChI=1S/C18H21NO2/c1-12-8-9-13(2)17(10-12)14(3)19-18(20)15-6-5-7-16(11-15)21-4/h5-11,14H,1-4H3,(H,19,20)/t14-/m1/s1. The summed E-state index contributed by atoms with van der Waals surface area (Å²) >= 11 is 0. The molecule has 2 aromatic carbocycles. The first-order valence-corrected chi connectivity index (χ1v) is 7.03. The van der Waals surface area contributed by atoms with Gasteiger partial charge in [0.05, 0.1) is 13.2 Å². The van der Waals surface area contributed by atoms with Crippen LogP contribution in [0.5, 0.6) is 5.75 Å². The van der Waals surface area contributed by atoms with Gasteiger partial charge in [-0.15, -0.1) is 0 Å². The SMILES string of the molecule is COc1cccc(C(=O)N[C@H](C)c2cc(C)ccc2C)c1. The summed E-state index contributed by atoms with van der Waals surface area (Å²) in [6.07, 6.45) is 0. The average molecular weight is 283 g/mol. The topological polar surface area (TPSA) is 38.3 Å². The summed E-state index contributed by atoms with van der Waals surface area (Å²) in [5, 5.41) is 3.04. The predicted octanol–water partition coefficient (Wildman–Crippen LogP) is 3.80. The van der Waals surface area contributed by atoms with Crippen LogP contribution in [0.2, 0.25) is 0 Å². The van der Waals surface area contributed by atoms with Crippen LogP contribution in [0, 0.1) is 13.8 Å². The van der Waals surface area contributed by atoms with Crippen LogP contribution in [0.25, 0.3) is 0 Å². The smallest absolute Gasteiger partial charge is 0.251 e. The number of methoxy groups -OCH3 is 1. The van der Waals surface area contributed by atoms with Crippen molar-refractivity contribution in [1.82, 2.24) is 5.32 Å². The quantitative estimate of drug-likeness (QED) is 0.926. The highest BCUT2D eigenvalue weighted by Gasteiger charge is 2.13. The van der Waals surface area contributed by atoms with Crippen LogP contribution >= 0.6 is 0 Å². The van der Waals surface area contributed by atoms with Crippen LogP contribution in [0.3, 0.4) is 0 Å². The first kappa shape index (κ1) is 15.1. The van der Waals surface area contributed by atoms with E-state index in [1.807, 2.05) is 19.1 Å². The maximum Gasteiger partial charge on any atom is 0.251 e. The van der Waals surface area contributed by atoms with Crippen molar-refractivity contribution >= 4 is 5.91 Å². The highest BCUT2D eigenvalue weighted by Crippen LogP contribution is 2.20. The minimum atomic E-state index is -0.0951. The third-order valence-corrected chi connectivity index (χ3v) is 3.58. The molecule has 2 rings (SSSR count). The van der Waals surface area contributed by atoms with E-state index in [0.717, 1.165) is 5.56 Å². The number of nitrogens with one attached hydrogen (secondary N) is 1. The first-order valence-electron chi connectivity index (χ1n) is 7.03. The van der Waals surface area contributed by atoms with Gasteiger partial charge in [0.2, 0.25) is 0 Å². The van der Waals surface area contributed by atoms with E-state index < -0.39 is 0 Å². The van der Waals surface area contributed by atoms with Gasteiger partial charge in [-0.05, 0) is 50.1 Å². The second kappa shape index (κ2) is 6.44. The van der Waals surface area contributed by atoms with Crippen molar-refractivity contribution in [2.45, 2.75) is 26.8 Å². The highest BCUT2D eigenvalue weighted by molar-refractivity contribution is 5.94. The zero-order valence-electron chi connectivity index (χ0n) is 12.9. The number of carbonyl (C=O) groups is 1. The molecule has 0 saturated carbocycles. The first-order chi connectivity index (χ1) is 10.0. The number of amides is 1. The highest BCUT2D eigenvalue weighted by atomic mass is 16.5. The Balaban J connectivity index is 2.16. The van der Waals surface area contributed by atoms with Crippen LogP contribution < -0.4 is 10.1 Å². The molecule has 1 atom stereocenters. The number of carbonyl (C=O) groups excluding carboxylic acids is 1. The van der Waals surface area contributed by atoms with Gasteiger partial charge >= 0.3 is 0 Å². The Labute approximate surface area is 126 Å². The molecule has 0 aliphatic rings. The number of rotatable bonds is 4. The number of hydrogen-bond acceptors (Lipinski definition) is 2. The van der Waals surface area contributed by atoms with Crippen molar-refractivity contribution in [2.75, 3.05) is 7.11 Å². The van der Waals surface area contributed by atoms with Crippen LogP contribution in [-0.4, -0.2) is 13.0 Å². The Bertz CT molecular complexity index is 649. The van der Waals surface area contributed by atoms with Gasteiger partial charge in [0, 0.05) is 5.56 Å². The van der Waals surface area contributed by atoms with Gasteiger partial charge in [-0.2, -0.15) is 0 Å². The molecule has 1 N–H and O–H groups in total. The van der Waals surface area contributed by atoms with Crippen LogP contribution in [-0.2, 0) is 0 Å². The fourth-order valence-corrected chi connectivity index (χ4v) is 2.35. The van der Waals surface area contributed by atoms with Crippen molar-refractivity contribution < 1.29 is 9.53 Å². The third kappa shape index (κ3) is 3.63. The van der Waals surface area contributed by atoms with E-state index in [1.165, 1.54) is 11.1 Å². The lowest BCUT2D eigenvalue weighted by molar-refractivity contribution is 0.0939. The van der Waals surface area contributed by atoms with Gasteiger partial charge in [0.25, 0.3) is 5.91 Å². The van der Waals surface area contributed by atoms with Crippen molar-refractivity contribution in [2.24, 2.45) is 0 Å². The van der Waals surface area contributed by atoms with Gasteiger partial charge in [0.15, 0.2) is 0 Å². The molecule has 3 nitrogen and oxygen atoms in total. The van der Waals surface area contributed by atoms with Gasteiger partial charge in [-0.3, -0.25) is 4.79 Å². The zero-order chi connectivity index (χ0) is 15.4. The molecule has 21 heavy (non-hydrogen) atoms. The van der Waals surface area contributed by atoms with Gasteiger partial charge in [0.1, 0.15) is 5.75 Å². The van der Waals surface area contributed by atoms with Crippen molar-refractivity contribution in [3.8, 4) is 5.75 Å². The van der Waals surface area contributed by atoms with Gasteiger partial charge < -0.3 is 10.1 Å². The molecule has 0 unspecified atom stereocenters. The molecule has 110 valence electrons. The molecule has 0 fully saturated rings. The molecule has 0 radical (unpaired) electrons. The van der Waals surface area contributed by atoms with E-state index in [4.69, 9.17) is 4.74 Å². The van der Waals surface area contributed by atoms with Gasteiger partial charge in [-0.1, -0.05) is 29.8 Å². The van der Waals surface area contributed by atoms with E-state index in [-0.39, 0.29) is 11.9 Å². The lowest BCUT2D eigenvalue weighted by Gasteiger charge is -2.17. The molecule has 1 amide bonds. The summed E-state index contributed by atoms with van der Waals surface area (Å²) in [5.74, 6) is 0.587. The molecule has 0 aliphatic heterocycles. The fraction of sp³-hybridized carbons (Fsp3) is 0.278. The maximum atomic E-state index is 12.3. The fourth-order valence-electron chi connectivity index (χ4n) is 2.35. The predicted molar refractivity (Wildman–Crippen MR) is 84.8 cm³/mol. The third-order valence-electron chi connectivity index (χ3n) is 3.58. The summed E-state index contributed by atoms with van der Waals surface area (Å²) in [6, 6.07) is 13.4. The van der Waals surface area contributed by atoms with Crippen LogP contribution in [0.4, 0.5) is 0 Å². The minimum absolute atomic E-state index is 0.0383. The molecule has 2 aromatic rings. The second-order valence-corrected chi connectivity index (χ2v) is 5.29. The summed E-state index contributed by atoms with van der Waals surface area (Å²) in [4.78, 5) is 12.3. The number of hydrogen-bond donors (Lipinski definition) is 1. The van der Waals surface area contributed by atoms with Crippen molar-refractivity contribution in [3.05, 3.63) is 64.7 Å². The van der Waals surface area contributed by atoms with E-state index in [9.17, 15) is 4.79 Å². The van der Waals surface area contributed by atoms with E-state index in [0.29, 0.717) is 11.3 Å². The van der Waals surface area contributed by atoms with Crippen molar-refractivity contribution in [1.29, 1.82) is 0 Å². The summed E-state index contributed by atoms with van der Waals surface area (Å²) < 4.78 is 5.15. The minimum Gasteiger partial charge on any atom is -0.497 e. The largest absolute Gasteiger partial charge is 0.497 e. The van der Waals surface area contributed by atoms with Crippen LogP contribution in [0.1, 0.15) is 40.0 Å². The van der Waals surface area contributed by atoms with E-state index in [2.05, 4.69) is 37.4 Å². The lowest BCUT2D eigenvalue weighted by Crippen LogP contribution is -2.27. The monoisotopic (exact) mass is 283 g/mol. The second-order valence-electron chi connectivity index (χ2n) is 5.29. The summed E-state index contributed by atoms with van der Waals surface area (Å²) in [6.45, 7) is 6.11. The zero-order valence-corrected chi connectivity index (χ0v) is 12.9. The molecule has 0 saturated heterocycles. The summed E-state index contributed by atoms with van der Waals surface area (Å²) in [7, 11) is 1.59. The number of aryl methyl sites for hydroxylation is 2. The Hall–Kier alpha value is -2.29. The molecular weight excluding hydrogens is 262 g/mol. The number of benzene rings is 2. The molecular formula is C18H21NO2. The Morgan fingerprint density at radius 1 is 1.14 bits per heavy atom. The van der Waals surface area contributed by atoms with Crippen LogP contribution in [0.15, 0.2) is 42.5 Å². The molecule has 0 heterocycles. The Kier molecular flexibility index (Phi) is 4.63. The molecule has 3 heteroatoms. The molecule has 0 bridgehead atoms. The molecule has 0 spiro atoms. The summed E-state index contributed by atoms with van der Waals surface area (Å²) in [5.41, 5.74) is 4.12. The van der Waals surface area contributed by atoms with Gasteiger partial charge in [-0.25, -0.2) is 0 Å². The average Bonchev–Trinajstić information content (AvgIpc) is 2.49. The molecule has 0 aromatic heterocycles. The van der Waals surface area contributed by atoms with Crippen molar-refractivity contribution in [3.63, 3.8) is 0 Å². The molecule has 0 aliphatic carbocycles. The van der Waals surface area contributed by atoms with E-state index in [1.54, 1.807) is 19.2 Å². The maximum absolute atomic E-state index is 12.3. The Morgan fingerprint density at radius 2 is 1.90 bits per heavy atom. The van der Waals surface area contributed by atoms with E-state index >= 15 is 0 Å². The number of ether oxygens (including phenoxy) is 1. The normalized spacial score (nSPS) is 11.8. The Morgan fingerprint density at radius 3 is 2.62 bits per heavy atom.